The number of aromatic nitrogens is 1. The predicted molar refractivity (Wildman–Crippen MR) is 136 cm³/mol. The summed E-state index contributed by atoms with van der Waals surface area (Å²) in [5, 5.41) is 10.1. The lowest BCUT2D eigenvalue weighted by Crippen LogP contribution is -2.13. The first kappa shape index (κ1) is 24.0. The summed E-state index contributed by atoms with van der Waals surface area (Å²) in [5.74, 6) is 0.844. The van der Waals surface area contributed by atoms with Gasteiger partial charge in [0.2, 0.25) is 0 Å². The van der Waals surface area contributed by atoms with Gasteiger partial charge in [-0.25, -0.2) is 4.79 Å². The van der Waals surface area contributed by atoms with Crippen molar-refractivity contribution in [2.24, 2.45) is 0 Å². The second-order valence-electron chi connectivity index (χ2n) is 8.40. The molecule has 1 heterocycles. The summed E-state index contributed by atoms with van der Waals surface area (Å²) in [6.07, 6.45) is 1.96. The SMILES string of the molecule is CCCc1nc(Cc2cccc(Oc3ccccc3)c2)c(C)c(C(=O)O)c1OCc1ccccc1. The number of carbonyl (C=O) groups is 1. The number of carboxylic acid groups (broad SMARTS) is 1. The second-order valence-corrected chi connectivity index (χ2v) is 8.40. The molecule has 0 radical (unpaired) electrons. The van der Waals surface area contributed by atoms with Crippen LogP contribution in [0.4, 0.5) is 0 Å². The first-order chi connectivity index (χ1) is 17.0. The summed E-state index contributed by atoms with van der Waals surface area (Å²) >= 11 is 0. The summed E-state index contributed by atoms with van der Waals surface area (Å²) < 4.78 is 12.0. The molecule has 0 aliphatic rings. The highest BCUT2D eigenvalue weighted by molar-refractivity contribution is 5.93. The molecule has 0 spiro atoms. The highest BCUT2D eigenvalue weighted by Gasteiger charge is 2.23. The maximum Gasteiger partial charge on any atom is 0.339 e. The lowest BCUT2D eigenvalue weighted by molar-refractivity contribution is 0.0690. The van der Waals surface area contributed by atoms with Crippen LogP contribution in [-0.2, 0) is 19.4 Å². The maximum absolute atomic E-state index is 12.3. The second kappa shape index (κ2) is 11.3. The van der Waals surface area contributed by atoms with Crippen LogP contribution in [0.5, 0.6) is 17.2 Å². The van der Waals surface area contributed by atoms with E-state index in [1.807, 2.05) is 91.9 Å². The third-order valence-electron chi connectivity index (χ3n) is 5.74. The number of nitrogens with zero attached hydrogens (tertiary/aromatic N) is 1. The summed E-state index contributed by atoms with van der Waals surface area (Å²) in [6, 6.07) is 27.1. The van der Waals surface area contributed by atoms with Crippen LogP contribution in [0.25, 0.3) is 0 Å². The molecule has 0 amide bonds. The molecule has 0 bridgehead atoms. The normalized spacial score (nSPS) is 10.7. The van der Waals surface area contributed by atoms with Crippen molar-refractivity contribution < 1.29 is 19.4 Å². The van der Waals surface area contributed by atoms with Gasteiger partial charge in [-0.05, 0) is 54.3 Å². The Hall–Kier alpha value is -4.12. The van der Waals surface area contributed by atoms with E-state index in [9.17, 15) is 9.90 Å². The van der Waals surface area contributed by atoms with Crippen LogP contribution in [0.2, 0.25) is 0 Å². The summed E-state index contributed by atoms with van der Waals surface area (Å²) in [5.41, 5.74) is 4.18. The molecule has 5 nitrogen and oxygen atoms in total. The molecule has 0 atom stereocenters. The molecule has 0 saturated carbocycles. The van der Waals surface area contributed by atoms with E-state index in [1.54, 1.807) is 6.92 Å². The van der Waals surface area contributed by atoms with E-state index in [1.165, 1.54) is 0 Å². The third kappa shape index (κ3) is 6.07. The topological polar surface area (TPSA) is 68.7 Å². The Bertz CT molecular complexity index is 1290. The molecule has 0 aliphatic carbocycles. The van der Waals surface area contributed by atoms with E-state index in [0.29, 0.717) is 29.8 Å². The molecule has 1 N–H and O–H groups in total. The summed E-state index contributed by atoms with van der Waals surface area (Å²) in [7, 11) is 0. The van der Waals surface area contributed by atoms with Gasteiger partial charge in [-0.2, -0.15) is 0 Å². The molecule has 0 aliphatic heterocycles. The number of pyridine rings is 1. The molecule has 0 saturated heterocycles. The summed E-state index contributed by atoms with van der Waals surface area (Å²) in [4.78, 5) is 17.2. The minimum Gasteiger partial charge on any atom is -0.486 e. The molecule has 0 unspecified atom stereocenters. The van der Waals surface area contributed by atoms with Crippen molar-refractivity contribution in [1.29, 1.82) is 0 Å². The lowest BCUT2D eigenvalue weighted by atomic mass is 9.98. The predicted octanol–water partition coefficient (Wildman–Crippen LogP) is 7.00. The number of aryl methyl sites for hydroxylation is 1. The highest BCUT2D eigenvalue weighted by atomic mass is 16.5. The van der Waals surface area contributed by atoms with Crippen LogP contribution >= 0.6 is 0 Å². The van der Waals surface area contributed by atoms with Gasteiger partial charge in [0.15, 0.2) is 5.75 Å². The van der Waals surface area contributed by atoms with Crippen LogP contribution in [-0.4, -0.2) is 16.1 Å². The van der Waals surface area contributed by atoms with Gasteiger partial charge in [-0.1, -0.05) is 74.0 Å². The highest BCUT2D eigenvalue weighted by Crippen LogP contribution is 2.31. The molecule has 4 rings (SSSR count). The van der Waals surface area contributed by atoms with Crippen molar-refractivity contribution in [3.63, 3.8) is 0 Å². The van der Waals surface area contributed by atoms with Crippen LogP contribution in [0, 0.1) is 6.92 Å². The van der Waals surface area contributed by atoms with Gasteiger partial charge >= 0.3 is 5.97 Å². The molecule has 5 heteroatoms. The summed E-state index contributed by atoms with van der Waals surface area (Å²) in [6.45, 7) is 4.14. The van der Waals surface area contributed by atoms with Gasteiger partial charge in [0.25, 0.3) is 0 Å². The Morgan fingerprint density at radius 1 is 0.857 bits per heavy atom. The number of benzene rings is 3. The molecule has 35 heavy (non-hydrogen) atoms. The number of rotatable bonds is 10. The van der Waals surface area contributed by atoms with Crippen LogP contribution < -0.4 is 9.47 Å². The average molecular weight is 468 g/mol. The van der Waals surface area contributed by atoms with Crippen LogP contribution in [0.1, 0.15) is 51.8 Å². The molecule has 3 aromatic carbocycles. The largest absolute Gasteiger partial charge is 0.486 e. The fourth-order valence-electron chi connectivity index (χ4n) is 4.01. The Morgan fingerprint density at radius 2 is 1.51 bits per heavy atom. The first-order valence-electron chi connectivity index (χ1n) is 11.8. The van der Waals surface area contributed by atoms with Crippen molar-refractivity contribution in [3.05, 3.63) is 119 Å². The molecule has 1 aromatic heterocycles. The zero-order chi connectivity index (χ0) is 24.6. The Morgan fingerprint density at radius 3 is 2.20 bits per heavy atom. The number of ether oxygens (including phenoxy) is 2. The van der Waals surface area contributed by atoms with E-state index in [2.05, 4.69) is 0 Å². The van der Waals surface area contributed by atoms with Crippen LogP contribution in [0.15, 0.2) is 84.9 Å². The lowest BCUT2D eigenvalue weighted by Gasteiger charge is -2.18. The van der Waals surface area contributed by atoms with Crippen LogP contribution in [0.3, 0.4) is 0 Å². The van der Waals surface area contributed by atoms with Gasteiger partial charge < -0.3 is 14.6 Å². The van der Waals surface area contributed by atoms with E-state index in [4.69, 9.17) is 14.5 Å². The molecule has 4 aromatic rings. The van der Waals surface area contributed by atoms with Gasteiger partial charge in [-0.3, -0.25) is 4.98 Å². The fourth-order valence-corrected chi connectivity index (χ4v) is 4.01. The molecule has 0 fully saturated rings. The van der Waals surface area contributed by atoms with Gasteiger partial charge in [-0.15, -0.1) is 0 Å². The number of carboxylic acids is 1. The molecular formula is C30H29NO4. The third-order valence-corrected chi connectivity index (χ3v) is 5.74. The quantitative estimate of drug-likeness (QED) is 0.272. The van der Waals surface area contributed by atoms with Crippen molar-refractivity contribution in [2.75, 3.05) is 0 Å². The molecule has 178 valence electrons. The fraction of sp³-hybridized carbons (Fsp3) is 0.200. The van der Waals surface area contributed by atoms with E-state index >= 15 is 0 Å². The monoisotopic (exact) mass is 467 g/mol. The molecular weight excluding hydrogens is 438 g/mol. The van der Waals surface area contributed by atoms with Crippen molar-refractivity contribution in [1.82, 2.24) is 4.98 Å². The van der Waals surface area contributed by atoms with E-state index < -0.39 is 5.97 Å². The average Bonchev–Trinajstić information content (AvgIpc) is 2.86. The number of para-hydroxylation sites is 1. The minimum absolute atomic E-state index is 0.186. The van der Waals surface area contributed by atoms with Crippen molar-refractivity contribution >= 4 is 5.97 Å². The van der Waals surface area contributed by atoms with Gasteiger partial charge in [0.05, 0.1) is 5.69 Å². The van der Waals surface area contributed by atoms with Gasteiger partial charge in [0.1, 0.15) is 23.7 Å². The van der Waals surface area contributed by atoms with Crippen molar-refractivity contribution in [2.45, 2.75) is 39.7 Å². The number of aromatic carboxylic acids is 1. The minimum atomic E-state index is -1.01. The standard InChI is InChI=1S/C30H29NO4/c1-3-11-26-29(34-20-22-12-6-4-7-13-22)28(30(32)33)21(2)27(31-26)19-23-14-10-17-25(18-23)35-24-15-8-5-9-16-24/h4-10,12-18H,3,11,19-20H2,1-2H3,(H,32,33). The first-order valence-corrected chi connectivity index (χ1v) is 11.8. The smallest absolute Gasteiger partial charge is 0.339 e. The maximum atomic E-state index is 12.3. The van der Waals surface area contributed by atoms with E-state index in [0.717, 1.165) is 34.7 Å². The Balaban J connectivity index is 1.65. The Labute approximate surface area is 206 Å². The number of hydrogen-bond donors (Lipinski definition) is 1. The zero-order valence-corrected chi connectivity index (χ0v) is 20.0. The zero-order valence-electron chi connectivity index (χ0n) is 20.0. The Kier molecular flexibility index (Phi) is 7.78. The van der Waals surface area contributed by atoms with Gasteiger partial charge in [0, 0.05) is 12.1 Å². The van der Waals surface area contributed by atoms with E-state index in [-0.39, 0.29) is 12.2 Å². The number of hydrogen-bond acceptors (Lipinski definition) is 4. The van der Waals surface area contributed by atoms with Crippen molar-refractivity contribution in [3.8, 4) is 17.2 Å².